The van der Waals surface area contributed by atoms with Crippen LogP contribution < -0.4 is 5.32 Å². The van der Waals surface area contributed by atoms with Crippen molar-refractivity contribution in [2.45, 2.75) is 32.2 Å². The summed E-state index contributed by atoms with van der Waals surface area (Å²) in [5, 5.41) is 6.49. The summed E-state index contributed by atoms with van der Waals surface area (Å²) in [7, 11) is 0. The Morgan fingerprint density at radius 2 is 2.21 bits per heavy atom. The van der Waals surface area contributed by atoms with Gasteiger partial charge in [-0.25, -0.2) is 0 Å². The highest BCUT2D eigenvalue weighted by Gasteiger charge is 2.24. The van der Waals surface area contributed by atoms with Crippen molar-refractivity contribution in [3.05, 3.63) is 51.4 Å². The third-order valence-electron chi connectivity index (χ3n) is 3.20. The molecule has 0 bridgehead atoms. The van der Waals surface area contributed by atoms with Gasteiger partial charge in [-0.3, -0.25) is 4.98 Å². The van der Waals surface area contributed by atoms with Gasteiger partial charge in [-0.2, -0.15) is 0 Å². The zero-order valence-electron chi connectivity index (χ0n) is 11.3. The molecule has 102 valence electrons. The molecule has 2 unspecified atom stereocenters. The monoisotopic (exact) mass is 294 g/mol. The SMILES string of the molecule is CCCNC(c1sccc1Cl)C(C)c1ccccn1. The Kier molecular flexibility index (Phi) is 5.37. The molecule has 2 aromatic heterocycles. The van der Waals surface area contributed by atoms with Gasteiger partial charge in [-0.05, 0) is 36.5 Å². The van der Waals surface area contributed by atoms with Gasteiger partial charge in [0.25, 0.3) is 0 Å². The molecular weight excluding hydrogens is 276 g/mol. The topological polar surface area (TPSA) is 24.9 Å². The van der Waals surface area contributed by atoms with Gasteiger partial charge in [0, 0.05) is 22.7 Å². The first-order valence-electron chi connectivity index (χ1n) is 6.61. The van der Waals surface area contributed by atoms with Crippen molar-refractivity contribution in [2.75, 3.05) is 6.54 Å². The minimum Gasteiger partial charge on any atom is -0.309 e. The van der Waals surface area contributed by atoms with Gasteiger partial charge >= 0.3 is 0 Å². The summed E-state index contributed by atoms with van der Waals surface area (Å²) in [6.45, 7) is 5.35. The second-order valence-corrected chi connectivity index (χ2v) is 5.96. The summed E-state index contributed by atoms with van der Waals surface area (Å²) in [4.78, 5) is 5.67. The van der Waals surface area contributed by atoms with Gasteiger partial charge in [-0.15, -0.1) is 11.3 Å². The molecule has 0 aliphatic carbocycles. The van der Waals surface area contributed by atoms with Crippen LogP contribution in [-0.4, -0.2) is 11.5 Å². The van der Waals surface area contributed by atoms with Gasteiger partial charge in [-0.1, -0.05) is 31.5 Å². The molecule has 19 heavy (non-hydrogen) atoms. The number of hydrogen-bond acceptors (Lipinski definition) is 3. The van der Waals surface area contributed by atoms with Crippen LogP contribution in [-0.2, 0) is 0 Å². The molecule has 4 heteroatoms. The van der Waals surface area contributed by atoms with Crippen LogP contribution in [0.25, 0.3) is 0 Å². The van der Waals surface area contributed by atoms with E-state index in [1.165, 1.54) is 4.88 Å². The highest BCUT2D eigenvalue weighted by atomic mass is 35.5. The molecule has 2 atom stereocenters. The van der Waals surface area contributed by atoms with E-state index < -0.39 is 0 Å². The summed E-state index contributed by atoms with van der Waals surface area (Å²) in [5.74, 6) is 0.295. The molecule has 2 nitrogen and oxygen atoms in total. The van der Waals surface area contributed by atoms with Crippen LogP contribution in [0.3, 0.4) is 0 Å². The number of thiophene rings is 1. The van der Waals surface area contributed by atoms with E-state index in [1.54, 1.807) is 11.3 Å². The average molecular weight is 295 g/mol. The highest BCUT2D eigenvalue weighted by molar-refractivity contribution is 7.10. The van der Waals surface area contributed by atoms with Crippen molar-refractivity contribution >= 4 is 22.9 Å². The predicted octanol–water partition coefficient (Wildman–Crippen LogP) is 4.64. The lowest BCUT2D eigenvalue weighted by atomic mass is 9.96. The summed E-state index contributed by atoms with van der Waals surface area (Å²) >= 11 is 8.00. The third kappa shape index (κ3) is 3.56. The zero-order valence-corrected chi connectivity index (χ0v) is 12.8. The molecular formula is C15H19ClN2S. The van der Waals surface area contributed by atoms with E-state index in [0.29, 0.717) is 5.92 Å². The van der Waals surface area contributed by atoms with Crippen LogP contribution in [0, 0.1) is 0 Å². The number of aromatic nitrogens is 1. The molecule has 2 aromatic rings. The molecule has 0 aliphatic rings. The Morgan fingerprint density at radius 1 is 1.37 bits per heavy atom. The van der Waals surface area contributed by atoms with Crippen molar-refractivity contribution in [2.24, 2.45) is 0 Å². The lowest BCUT2D eigenvalue weighted by molar-refractivity contribution is 0.466. The standard InChI is InChI=1S/C15H19ClN2S/c1-3-8-18-14(15-12(16)7-10-19-15)11(2)13-6-4-5-9-17-13/h4-7,9-11,14,18H,3,8H2,1-2H3. The van der Waals surface area contributed by atoms with Crippen molar-refractivity contribution in [3.8, 4) is 0 Å². The molecule has 2 heterocycles. The molecule has 0 amide bonds. The van der Waals surface area contributed by atoms with E-state index in [1.807, 2.05) is 29.8 Å². The second kappa shape index (κ2) is 7.04. The smallest absolute Gasteiger partial charge is 0.0561 e. The minimum atomic E-state index is 0.224. The highest BCUT2D eigenvalue weighted by Crippen LogP contribution is 2.36. The second-order valence-electron chi connectivity index (χ2n) is 4.61. The van der Waals surface area contributed by atoms with Gasteiger partial charge in [0.2, 0.25) is 0 Å². The Morgan fingerprint density at radius 3 is 2.79 bits per heavy atom. The van der Waals surface area contributed by atoms with E-state index in [9.17, 15) is 0 Å². The van der Waals surface area contributed by atoms with E-state index in [-0.39, 0.29) is 6.04 Å². The molecule has 0 spiro atoms. The Hall–Kier alpha value is -0.900. The van der Waals surface area contributed by atoms with Crippen molar-refractivity contribution in [3.63, 3.8) is 0 Å². The van der Waals surface area contributed by atoms with Gasteiger partial charge in [0.15, 0.2) is 0 Å². The predicted molar refractivity (Wildman–Crippen MR) is 83.0 cm³/mol. The molecule has 1 N–H and O–H groups in total. The van der Waals surface area contributed by atoms with Crippen LogP contribution in [0.4, 0.5) is 0 Å². The van der Waals surface area contributed by atoms with Crippen LogP contribution in [0.2, 0.25) is 5.02 Å². The minimum absolute atomic E-state index is 0.224. The Labute approximate surface area is 123 Å². The molecule has 0 aliphatic heterocycles. The fraction of sp³-hybridized carbons (Fsp3) is 0.400. The van der Waals surface area contributed by atoms with Gasteiger partial charge in [0.1, 0.15) is 0 Å². The van der Waals surface area contributed by atoms with Crippen molar-refractivity contribution in [1.82, 2.24) is 10.3 Å². The van der Waals surface area contributed by atoms with Gasteiger partial charge in [0.05, 0.1) is 11.1 Å². The molecule has 0 saturated heterocycles. The van der Waals surface area contributed by atoms with E-state index in [4.69, 9.17) is 11.6 Å². The van der Waals surface area contributed by atoms with E-state index in [0.717, 1.165) is 23.7 Å². The largest absolute Gasteiger partial charge is 0.309 e. The molecule has 0 saturated carbocycles. The first-order chi connectivity index (χ1) is 9.24. The van der Waals surface area contributed by atoms with Crippen LogP contribution >= 0.6 is 22.9 Å². The number of nitrogens with zero attached hydrogens (tertiary/aromatic N) is 1. The number of pyridine rings is 1. The number of halogens is 1. The van der Waals surface area contributed by atoms with E-state index >= 15 is 0 Å². The number of rotatable bonds is 6. The fourth-order valence-corrected chi connectivity index (χ4v) is 3.49. The fourth-order valence-electron chi connectivity index (χ4n) is 2.14. The Bertz CT molecular complexity index is 498. The van der Waals surface area contributed by atoms with E-state index in [2.05, 4.69) is 30.2 Å². The first-order valence-corrected chi connectivity index (χ1v) is 7.87. The van der Waals surface area contributed by atoms with Crippen LogP contribution in [0.1, 0.15) is 42.8 Å². The first kappa shape index (κ1) is 14.5. The third-order valence-corrected chi connectivity index (χ3v) is 4.64. The summed E-state index contributed by atoms with van der Waals surface area (Å²) < 4.78 is 0. The molecule has 0 fully saturated rings. The summed E-state index contributed by atoms with van der Waals surface area (Å²) in [6.07, 6.45) is 2.95. The van der Waals surface area contributed by atoms with Crippen molar-refractivity contribution < 1.29 is 0 Å². The molecule has 0 radical (unpaired) electrons. The van der Waals surface area contributed by atoms with Crippen LogP contribution in [0.5, 0.6) is 0 Å². The normalized spacial score (nSPS) is 14.3. The number of nitrogens with one attached hydrogen (secondary N) is 1. The number of hydrogen-bond donors (Lipinski definition) is 1. The maximum absolute atomic E-state index is 6.30. The quantitative estimate of drug-likeness (QED) is 0.839. The average Bonchev–Trinajstić information content (AvgIpc) is 2.86. The Balaban J connectivity index is 2.25. The van der Waals surface area contributed by atoms with Crippen LogP contribution in [0.15, 0.2) is 35.8 Å². The maximum atomic E-state index is 6.30. The summed E-state index contributed by atoms with van der Waals surface area (Å²) in [5.41, 5.74) is 1.10. The van der Waals surface area contributed by atoms with Crippen molar-refractivity contribution in [1.29, 1.82) is 0 Å². The molecule has 0 aromatic carbocycles. The zero-order chi connectivity index (χ0) is 13.7. The van der Waals surface area contributed by atoms with Gasteiger partial charge < -0.3 is 5.32 Å². The summed E-state index contributed by atoms with van der Waals surface area (Å²) in [6, 6.07) is 8.25. The molecule has 2 rings (SSSR count). The lowest BCUT2D eigenvalue weighted by Crippen LogP contribution is -2.26. The lowest BCUT2D eigenvalue weighted by Gasteiger charge is -2.24. The maximum Gasteiger partial charge on any atom is 0.0561 e.